The van der Waals surface area contributed by atoms with Gasteiger partial charge in [-0.2, -0.15) is 4.31 Å². The van der Waals surface area contributed by atoms with Crippen molar-refractivity contribution in [1.82, 2.24) is 9.21 Å². The molecule has 16 heavy (non-hydrogen) atoms. The molecule has 0 spiro atoms. The summed E-state index contributed by atoms with van der Waals surface area (Å²) in [7, 11) is -3.04. The number of piperazine rings is 1. The van der Waals surface area contributed by atoms with Crippen molar-refractivity contribution in [3.05, 3.63) is 0 Å². The van der Waals surface area contributed by atoms with Crippen molar-refractivity contribution in [2.45, 2.75) is 18.9 Å². The summed E-state index contributed by atoms with van der Waals surface area (Å²) in [5, 5.41) is 9.79. The summed E-state index contributed by atoms with van der Waals surface area (Å²) < 4.78 is 24.1. The van der Waals surface area contributed by atoms with Crippen LogP contribution >= 0.6 is 0 Å². The molecule has 0 amide bonds. The highest BCUT2D eigenvalue weighted by Gasteiger charge is 2.32. The summed E-state index contributed by atoms with van der Waals surface area (Å²) >= 11 is 0. The molecule has 2 rings (SSSR count). The summed E-state index contributed by atoms with van der Waals surface area (Å²) in [6, 6.07) is 0. The van der Waals surface area contributed by atoms with E-state index in [2.05, 4.69) is 4.90 Å². The molecule has 1 aliphatic heterocycles. The summed E-state index contributed by atoms with van der Waals surface area (Å²) in [5.41, 5.74) is 0. The Kier molecular flexibility index (Phi) is 3.53. The molecule has 1 atom stereocenters. The van der Waals surface area contributed by atoms with Gasteiger partial charge in [0.25, 0.3) is 0 Å². The number of hydrogen-bond donors (Lipinski definition) is 1. The van der Waals surface area contributed by atoms with Crippen LogP contribution in [0, 0.1) is 5.92 Å². The average Bonchev–Trinajstić information content (AvgIpc) is 3.00. The lowest BCUT2D eigenvalue weighted by Crippen LogP contribution is -2.50. The molecule has 1 saturated carbocycles. The fourth-order valence-electron chi connectivity index (χ4n) is 2.14. The van der Waals surface area contributed by atoms with Crippen LogP contribution in [0.5, 0.6) is 0 Å². The lowest BCUT2D eigenvalue weighted by molar-refractivity contribution is 0.0783. The van der Waals surface area contributed by atoms with Gasteiger partial charge in [0.15, 0.2) is 0 Å². The molecule has 0 aromatic carbocycles. The average molecular weight is 248 g/mol. The van der Waals surface area contributed by atoms with Gasteiger partial charge in [-0.3, -0.25) is 4.90 Å². The van der Waals surface area contributed by atoms with Crippen LogP contribution in [0.15, 0.2) is 0 Å². The van der Waals surface area contributed by atoms with Crippen LogP contribution in [0.25, 0.3) is 0 Å². The third-order valence-corrected chi connectivity index (χ3v) is 4.71. The minimum Gasteiger partial charge on any atom is -0.392 e. The maximum atomic E-state index is 11.3. The zero-order valence-electron chi connectivity index (χ0n) is 9.67. The quantitative estimate of drug-likeness (QED) is 0.717. The molecule has 1 saturated heterocycles. The Morgan fingerprint density at radius 3 is 2.25 bits per heavy atom. The van der Waals surface area contributed by atoms with E-state index < -0.39 is 10.0 Å². The summed E-state index contributed by atoms with van der Waals surface area (Å²) in [4.78, 5) is 2.16. The minimum atomic E-state index is -3.04. The van der Waals surface area contributed by atoms with Gasteiger partial charge in [-0.05, 0) is 18.8 Å². The molecule has 2 fully saturated rings. The largest absolute Gasteiger partial charge is 0.392 e. The summed E-state index contributed by atoms with van der Waals surface area (Å²) in [5.74, 6) is 0.493. The Balaban J connectivity index is 1.76. The number of aliphatic hydroxyl groups is 1. The monoisotopic (exact) mass is 248 g/mol. The standard InChI is InChI=1S/C10H20N2O3S/c1-16(14,15)12-6-4-11(5-7-12)8-10(13)9-2-3-9/h9-10,13H,2-8H2,1H3. The van der Waals surface area contributed by atoms with Crippen LogP contribution in [0.4, 0.5) is 0 Å². The first-order chi connectivity index (χ1) is 7.47. The van der Waals surface area contributed by atoms with E-state index in [9.17, 15) is 13.5 Å². The Morgan fingerprint density at radius 2 is 1.81 bits per heavy atom. The molecule has 94 valence electrons. The fraction of sp³-hybridized carbons (Fsp3) is 1.00. The molecule has 1 aliphatic carbocycles. The highest BCUT2D eigenvalue weighted by Crippen LogP contribution is 2.32. The van der Waals surface area contributed by atoms with Crippen molar-refractivity contribution in [3.63, 3.8) is 0 Å². The lowest BCUT2D eigenvalue weighted by atomic mass is 10.2. The van der Waals surface area contributed by atoms with Crippen LogP contribution in [-0.4, -0.2) is 67.8 Å². The maximum Gasteiger partial charge on any atom is 0.211 e. The van der Waals surface area contributed by atoms with Crippen LogP contribution in [0.3, 0.4) is 0 Å². The van der Waals surface area contributed by atoms with Gasteiger partial charge >= 0.3 is 0 Å². The van der Waals surface area contributed by atoms with E-state index in [0.717, 1.165) is 25.9 Å². The van der Waals surface area contributed by atoms with Crippen molar-refractivity contribution in [1.29, 1.82) is 0 Å². The Hall–Kier alpha value is -0.170. The molecule has 0 bridgehead atoms. The van der Waals surface area contributed by atoms with Gasteiger partial charge in [0, 0.05) is 32.7 Å². The van der Waals surface area contributed by atoms with Crippen molar-refractivity contribution >= 4 is 10.0 Å². The topological polar surface area (TPSA) is 60.9 Å². The fourth-order valence-corrected chi connectivity index (χ4v) is 2.96. The summed E-state index contributed by atoms with van der Waals surface area (Å²) in [6.45, 7) is 3.27. The lowest BCUT2D eigenvalue weighted by Gasteiger charge is -2.34. The molecule has 1 N–H and O–H groups in total. The molecule has 0 aromatic rings. The second-order valence-corrected chi connectivity index (χ2v) is 6.85. The van der Waals surface area contributed by atoms with Gasteiger partial charge in [0.1, 0.15) is 0 Å². The highest BCUT2D eigenvalue weighted by atomic mass is 32.2. The normalized spacial score (nSPS) is 26.9. The van der Waals surface area contributed by atoms with Crippen molar-refractivity contribution in [2.24, 2.45) is 5.92 Å². The van der Waals surface area contributed by atoms with Gasteiger partial charge in [-0.15, -0.1) is 0 Å². The van der Waals surface area contributed by atoms with E-state index in [0.29, 0.717) is 25.6 Å². The molecule has 5 nitrogen and oxygen atoms in total. The maximum absolute atomic E-state index is 11.3. The van der Waals surface area contributed by atoms with Crippen molar-refractivity contribution in [3.8, 4) is 0 Å². The van der Waals surface area contributed by atoms with E-state index in [1.54, 1.807) is 0 Å². The molecule has 0 aromatic heterocycles. The first-order valence-corrected chi connectivity index (χ1v) is 7.67. The van der Waals surface area contributed by atoms with Crippen LogP contribution in [-0.2, 0) is 10.0 Å². The minimum absolute atomic E-state index is 0.218. The van der Waals surface area contributed by atoms with E-state index in [-0.39, 0.29) is 6.10 Å². The third kappa shape index (κ3) is 3.16. The zero-order chi connectivity index (χ0) is 11.8. The second-order valence-electron chi connectivity index (χ2n) is 4.87. The van der Waals surface area contributed by atoms with E-state index >= 15 is 0 Å². The van der Waals surface area contributed by atoms with E-state index in [1.807, 2.05) is 0 Å². The second kappa shape index (κ2) is 4.60. The van der Waals surface area contributed by atoms with Crippen LogP contribution in [0.1, 0.15) is 12.8 Å². The third-order valence-electron chi connectivity index (χ3n) is 3.41. The Bertz CT molecular complexity index is 332. The molecular weight excluding hydrogens is 228 g/mol. The molecular formula is C10H20N2O3S. The van der Waals surface area contributed by atoms with Crippen LogP contribution < -0.4 is 0 Å². The van der Waals surface area contributed by atoms with Crippen molar-refractivity contribution < 1.29 is 13.5 Å². The van der Waals surface area contributed by atoms with Gasteiger partial charge < -0.3 is 5.11 Å². The van der Waals surface area contributed by atoms with Gasteiger partial charge in [-0.25, -0.2) is 8.42 Å². The number of sulfonamides is 1. The van der Waals surface area contributed by atoms with Crippen molar-refractivity contribution in [2.75, 3.05) is 39.0 Å². The molecule has 1 unspecified atom stereocenters. The Morgan fingerprint density at radius 1 is 1.25 bits per heavy atom. The SMILES string of the molecule is CS(=O)(=O)N1CCN(CC(O)C2CC2)CC1. The number of β-amino-alcohol motifs (C(OH)–C–C–N with tert-alkyl or cyclic N) is 1. The highest BCUT2D eigenvalue weighted by molar-refractivity contribution is 7.88. The van der Waals surface area contributed by atoms with Gasteiger partial charge in [-0.1, -0.05) is 0 Å². The number of nitrogens with zero attached hydrogens (tertiary/aromatic N) is 2. The first kappa shape index (κ1) is 12.3. The molecule has 0 radical (unpaired) electrons. The Labute approximate surface area is 97.1 Å². The van der Waals surface area contributed by atoms with Gasteiger partial charge in [0.2, 0.25) is 10.0 Å². The number of hydrogen-bond acceptors (Lipinski definition) is 4. The number of rotatable bonds is 4. The van der Waals surface area contributed by atoms with E-state index in [4.69, 9.17) is 0 Å². The predicted octanol–water partition coefficient (Wildman–Crippen LogP) is -0.665. The van der Waals surface area contributed by atoms with Gasteiger partial charge in [0.05, 0.1) is 12.4 Å². The summed E-state index contributed by atoms with van der Waals surface area (Å²) in [6.07, 6.45) is 3.32. The molecule has 6 heteroatoms. The molecule has 2 aliphatic rings. The number of aliphatic hydroxyl groups excluding tert-OH is 1. The predicted molar refractivity (Wildman–Crippen MR) is 61.6 cm³/mol. The van der Waals surface area contributed by atoms with E-state index in [1.165, 1.54) is 10.6 Å². The van der Waals surface area contributed by atoms with Crippen LogP contribution in [0.2, 0.25) is 0 Å². The smallest absolute Gasteiger partial charge is 0.211 e. The molecule has 1 heterocycles. The zero-order valence-corrected chi connectivity index (χ0v) is 10.5. The first-order valence-electron chi connectivity index (χ1n) is 5.82.